The van der Waals surface area contributed by atoms with Crippen molar-refractivity contribution in [2.45, 2.75) is 26.0 Å². The Kier molecular flexibility index (Phi) is 4.19. The van der Waals surface area contributed by atoms with Gasteiger partial charge in [0.05, 0.1) is 12.7 Å². The van der Waals surface area contributed by atoms with Crippen LogP contribution in [0.4, 0.5) is 10.1 Å². The molecule has 18 heavy (non-hydrogen) atoms. The number of ether oxygens (including phenoxy) is 1. The summed E-state index contributed by atoms with van der Waals surface area (Å²) in [6, 6.07) is 5.29. The summed E-state index contributed by atoms with van der Waals surface area (Å²) in [5.74, 6) is -0.145. The molecule has 4 heteroatoms. The number of morpholine rings is 1. The molecular formula is C14H21FN2O. The number of hydrogen-bond donors (Lipinski definition) is 1. The van der Waals surface area contributed by atoms with Gasteiger partial charge in [0.2, 0.25) is 0 Å². The van der Waals surface area contributed by atoms with Gasteiger partial charge in [0, 0.05) is 30.4 Å². The summed E-state index contributed by atoms with van der Waals surface area (Å²) in [5, 5.41) is 3.11. The molecular weight excluding hydrogens is 231 g/mol. The first-order valence-electron chi connectivity index (χ1n) is 6.45. The van der Waals surface area contributed by atoms with E-state index in [0.717, 1.165) is 24.3 Å². The minimum atomic E-state index is -0.145. The number of nitrogens with one attached hydrogen (secondary N) is 1. The minimum Gasteiger partial charge on any atom is -0.375 e. The van der Waals surface area contributed by atoms with Gasteiger partial charge >= 0.3 is 0 Å². The standard InChI is InChI=1S/C14H21FN2O/c1-10-9-17(7-8-18-10)13-6-4-5-12(15)14(13)11(2)16-3/h4-6,10-11,16H,7-9H2,1-3H3. The molecule has 0 aromatic heterocycles. The molecule has 1 saturated heterocycles. The van der Waals surface area contributed by atoms with E-state index in [1.165, 1.54) is 6.07 Å². The van der Waals surface area contributed by atoms with Crippen molar-refractivity contribution in [1.82, 2.24) is 5.32 Å². The topological polar surface area (TPSA) is 24.5 Å². The van der Waals surface area contributed by atoms with Crippen molar-refractivity contribution >= 4 is 5.69 Å². The smallest absolute Gasteiger partial charge is 0.130 e. The molecule has 0 bridgehead atoms. The van der Waals surface area contributed by atoms with Crippen LogP contribution in [0.25, 0.3) is 0 Å². The second kappa shape index (κ2) is 5.67. The highest BCUT2D eigenvalue weighted by atomic mass is 19.1. The van der Waals surface area contributed by atoms with Gasteiger partial charge in [-0.3, -0.25) is 0 Å². The van der Waals surface area contributed by atoms with Crippen molar-refractivity contribution in [3.8, 4) is 0 Å². The zero-order valence-electron chi connectivity index (χ0n) is 11.2. The molecule has 2 rings (SSSR count). The summed E-state index contributed by atoms with van der Waals surface area (Å²) >= 11 is 0. The average molecular weight is 252 g/mol. The maximum absolute atomic E-state index is 14.0. The number of anilines is 1. The summed E-state index contributed by atoms with van der Waals surface area (Å²) < 4.78 is 19.6. The second-order valence-corrected chi connectivity index (χ2v) is 4.81. The summed E-state index contributed by atoms with van der Waals surface area (Å²) in [4.78, 5) is 2.21. The molecule has 1 aliphatic rings. The van der Waals surface area contributed by atoms with Crippen LogP contribution in [0.1, 0.15) is 25.5 Å². The van der Waals surface area contributed by atoms with Gasteiger partial charge in [0.15, 0.2) is 0 Å². The fourth-order valence-electron chi connectivity index (χ4n) is 2.41. The fraction of sp³-hybridized carbons (Fsp3) is 0.571. The van der Waals surface area contributed by atoms with Crippen molar-refractivity contribution < 1.29 is 9.13 Å². The van der Waals surface area contributed by atoms with Gasteiger partial charge in [0.1, 0.15) is 5.82 Å². The van der Waals surface area contributed by atoms with Gasteiger partial charge in [-0.2, -0.15) is 0 Å². The van der Waals surface area contributed by atoms with E-state index < -0.39 is 0 Å². The van der Waals surface area contributed by atoms with Crippen LogP contribution in [-0.4, -0.2) is 32.8 Å². The first kappa shape index (κ1) is 13.3. The summed E-state index contributed by atoms with van der Waals surface area (Å²) in [5.41, 5.74) is 1.72. The summed E-state index contributed by atoms with van der Waals surface area (Å²) in [6.07, 6.45) is 0.194. The Labute approximate surface area is 108 Å². The number of hydrogen-bond acceptors (Lipinski definition) is 3. The molecule has 1 aliphatic heterocycles. The van der Waals surface area contributed by atoms with Crippen molar-refractivity contribution in [3.05, 3.63) is 29.6 Å². The Bertz CT molecular complexity index is 411. The molecule has 100 valence electrons. The molecule has 2 atom stereocenters. The third-order valence-corrected chi connectivity index (χ3v) is 3.48. The number of benzene rings is 1. The Hall–Kier alpha value is -1.13. The van der Waals surface area contributed by atoms with Crippen molar-refractivity contribution in [2.24, 2.45) is 0 Å². The quantitative estimate of drug-likeness (QED) is 0.893. The Morgan fingerprint density at radius 2 is 2.28 bits per heavy atom. The molecule has 0 amide bonds. The van der Waals surface area contributed by atoms with Gasteiger partial charge in [-0.05, 0) is 33.0 Å². The van der Waals surface area contributed by atoms with Gasteiger partial charge in [-0.25, -0.2) is 4.39 Å². The first-order chi connectivity index (χ1) is 8.63. The number of halogens is 1. The summed E-state index contributed by atoms with van der Waals surface area (Å²) in [6.45, 7) is 6.35. The second-order valence-electron chi connectivity index (χ2n) is 4.81. The van der Waals surface area contributed by atoms with Crippen molar-refractivity contribution in [3.63, 3.8) is 0 Å². The highest BCUT2D eigenvalue weighted by Gasteiger charge is 2.22. The van der Waals surface area contributed by atoms with Crippen molar-refractivity contribution in [2.75, 3.05) is 31.6 Å². The predicted molar refractivity (Wildman–Crippen MR) is 71.5 cm³/mol. The largest absolute Gasteiger partial charge is 0.375 e. The van der Waals surface area contributed by atoms with Gasteiger partial charge < -0.3 is 15.0 Å². The summed E-state index contributed by atoms with van der Waals surface area (Å²) in [7, 11) is 1.85. The molecule has 0 aliphatic carbocycles. The van der Waals surface area contributed by atoms with E-state index >= 15 is 0 Å². The maximum Gasteiger partial charge on any atom is 0.130 e. The van der Waals surface area contributed by atoms with Crippen LogP contribution in [0.15, 0.2) is 18.2 Å². The van der Waals surface area contributed by atoms with E-state index in [1.807, 2.05) is 27.0 Å². The van der Waals surface area contributed by atoms with E-state index in [2.05, 4.69) is 10.2 Å². The maximum atomic E-state index is 14.0. The Morgan fingerprint density at radius 3 is 2.94 bits per heavy atom. The first-order valence-corrected chi connectivity index (χ1v) is 6.45. The molecule has 3 nitrogen and oxygen atoms in total. The zero-order valence-corrected chi connectivity index (χ0v) is 11.2. The molecule has 0 spiro atoms. The van der Waals surface area contributed by atoms with Crippen LogP contribution in [0, 0.1) is 5.82 Å². The molecule has 1 N–H and O–H groups in total. The molecule has 0 saturated carbocycles. The third-order valence-electron chi connectivity index (χ3n) is 3.48. The fourth-order valence-corrected chi connectivity index (χ4v) is 2.41. The van der Waals surface area contributed by atoms with E-state index in [1.54, 1.807) is 6.07 Å². The van der Waals surface area contributed by atoms with E-state index in [4.69, 9.17) is 4.74 Å². The molecule has 1 aromatic rings. The zero-order chi connectivity index (χ0) is 13.1. The lowest BCUT2D eigenvalue weighted by atomic mass is 10.0. The molecule has 1 fully saturated rings. The Morgan fingerprint density at radius 1 is 1.50 bits per heavy atom. The van der Waals surface area contributed by atoms with Crippen LogP contribution in [0.2, 0.25) is 0 Å². The highest BCUT2D eigenvalue weighted by Crippen LogP contribution is 2.29. The predicted octanol–water partition coefficient (Wildman–Crippen LogP) is 2.33. The van der Waals surface area contributed by atoms with Crippen molar-refractivity contribution in [1.29, 1.82) is 0 Å². The van der Waals surface area contributed by atoms with Crippen LogP contribution >= 0.6 is 0 Å². The van der Waals surface area contributed by atoms with Gasteiger partial charge in [0.25, 0.3) is 0 Å². The van der Waals surface area contributed by atoms with Crippen LogP contribution in [0.3, 0.4) is 0 Å². The lowest BCUT2D eigenvalue weighted by Gasteiger charge is -2.35. The molecule has 2 unspecified atom stereocenters. The SMILES string of the molecule is CNC(C)c1c(F)cccc1N1CCOC(C)C1. The van der Waals surface area contributed by atoms with Crippen LogP contribution < -0.4 is 10.2 Å². The van der Waals surface area contributed by atoms with Gasteiger partial charge in [-0.15, -0.1) is 0 Å². The Balaban J connectivity index is 2.34. The minimum absolute atomic E-state index is 0.000601. The van der Waals surface area contributed by atoms with E-state index in [0.29, 0.717) is 6.61 Å². The van der Waals surface area contributed by atoms with Gasteiger partial charge in [-0.1, -0.05) is 6.07 Å². The van der Waals surface area contributed by atoms with E-state index in [-0.39, 0.29) is 18.0 Å². The third kappa shape index (κ3) is 2.65. The molecule has 0 radical (unpaired) electrons. The number of rotatable bonds is 3. The number of nitrogens with zero attached hydrogens (tertiary/aromatic N) is 1. The average Bonchev–Trinajstić information content (AvgIpc) is 2.37. The molecule has 1 heterocycles. The van der Waals surface area contributed by atoms with E-state index in [9.17, 15) is 4.39 Å². The highest BCUT2D eigenvalue weighted by molar-refractivity contribution is 5.56. The van der Waals surface area contributed by atoms with Crippen LogP contribution in [0.5, 0.6) is 0 Å². The molecule has 1 aromatic carbocycles. The lowest BCUT2D eigenvalue weighted by Crippen LogP contribution is -2.42. The lowest BCUT2D eigenvalue weighted by molar-refractivity contribution is 0.0531. The monoisotopic (exact) mass is 252 g/mol. The normalized spacial score (nSPS) is 22.0. The van der Waals surface area contributed by atoms with Crippen LogP contribution in [-0.2, 0) is 4.74 Å².